The standard InChI is InChI=1S/C18H16N4OS/c1-12(13-8-4-3-5-9-13)24-18-20-19-17-21(2)16(23)14-10-6-7-11-15(14)22(17)18/h3-12H,1-2H3. The molecule has 1 atom stereocenters. The van der Waals surface area contributed by atoms with Gasteiger partial charge in [-0.2, -0.15) is 0 Å². The van der Waals surface area contributed by atoms with Crippen molar-refractivity contribution < 1.29 is 0 Å². The zero-order valence-corrected chi connectivity index (χ0v) is 14.2. The molecule has 0 aliphatic carbocycles. The van der Waals surface area contributed by atoms with Crippen LogP contribution in [0.15, 0.2) is 64.5 Å². The van der Waals surface area contributed by atoms with Gasteiger partial charge in [-0.1, -0.05) is 54.2 Å². The average molecular weight is 336 g/mol. The number of rotatable bonds is 3. The zero-order valence-electron chi connectivity index (χ0n) is 13.4. The molecule has 0 N–H and O–H groups in total. The van der Waals surface area contributed by atoms with E-state index in [4.69, 9.17) is 0 Å². The molecule has 4 rings (SSSR count). The summed E-state index contributed by atoms with van der Waals surface area (Å²) in [7, 11) is 1.73. The number of hydrogen-bond donors (Lipinski definition) is 0. The first-order valence-electron chi connectivity index (χ1n) is 7.71. The lowest BCUT2D eigenvalue weighted by Crippen LogP contribution is -2.20. The second-order valence-corrected chi connectivity index (χ2v) is 6.98. The highest BCUT2D eigenvalue weighted by Gasteiger charge is 2.17. The molecular weight excluding hydrogens is 320 g/mol. The molecule has 0 saturated heterocycles. The highest BCUT2D eigenvalue weighted by Crippen LogP contribution is 2.34. The second kappa shape index (κ2) is 5.79. The van der Waals surface area contributed by atoms with E-state index in [2.05, 4.69) is 29.3 Å². The summed E-state index contributed by atoms with van der Waals surface area (Å²) < 4.78 is 3.51. The molecule has 0 aliphatic heterocycles. The molecule has 4 aromatic rings. The minimum absolute atomic E-state index is 0.0573. The first kappa shape index (κ1) is 15.0. The van der Waals surface area contributed by atoms with Crippen LogP contribution < -0.4 is 5.56 Å². The van der Waals surface area contributed by atoms with Gasteiger partial charge in [0.1, 0.15) is 0 Å². The van der Waals surface area contributed by atoms with Gasteiger partial charge >= 0.3 is 0 Å². The summed E-state index contributed by atoms with van der Waals surface area (Å²) in [6.45, 7) is 2.14. The van der Waals surface area contributed by atoms with Crippen LogP contribution in [0.2, 0.25) is 0 Å². The Morgan fingerprint density at radius 1 is 1.00 bits per heavy atom. The van der Waals surface area contributed by atoms with Crippen molar-refractivity contribution in [3.8, 4) is 0 Å². The molecule has 0 spiro atoms. The van der Waals surface area contributed by atoms with E-state index in [1.165, 1.54) is 5.56 Å². The smallest absolute Gasteiger partial charge is 0.262 e. The molecule has 1 unspecified atom stereocenters. The second-order valence-electron chi connectivity index (χ2n) is 5.67. The maximum atomic E-state index is 12.5. The summed E-state index contributed by atoms with van der Waals surface area (Å²) >= 11 is 1.64. The molecule has 2 aromatic heterocycles. The Labute approximate surface area is 143 Å². The Morgan fingerprint density at radius 2 is 1.71 bits per heavy atom. The van der Waals surface area contributed by atoms with Crippen LogP contribution in [-0.2, 0) is 7.05 Å². The van der Waals surface area contributed by atoms with Gasteiger partial charge in [0.05, 0.1) is 10.9 Å². The summed E-state index contributed by atoms with van der Waals surface area (Å²) in [4.78, 5) is 12.5. The molecule has 24 heavy (non-hydrogen) atoms. The number of nitrogens with zero attached hydrogens (tertiary/aromatic N) is 4. The fourth-order valence-corrected chi connectivity index (χ4v) is 3.82. The lowest BCUT2D eigenvalue weighted by atomic mass is 10.2. The first-order chi connectivity index (χ1) is 11.7. The van der Waals surface area contributed by atoms with Crippen molar-refractivity contribution in [2.75, 3.05) is 0 Å². The fourth-order valence-electron chi connectivity index (χ4n) is 2.84. The Balaban J connectivity index is 1.90. The highest BCUT2D eigenvalue weighted by atomic mass is 32.2. The van der Waals surface area contributed by atoms with Crippen molar-refractivity contribution in [3.05, 3.63) is 70.5 Å². The number of aryl methyl sites for hydroxylation is 1. The first-order valence-corrected chi connectivity index (χ1v) is 8.59. The van der Waals surface area contributed by atoms with Crippen LogP contribution in [0.3, 0.4) is 0 Å². The van der Waals surface area contributed by atoms with E-state index in [0.717, 1.165) is 10.7 Å². The third kappa shape index (κ3) is 2.30. The summed E-state index contributed by atoms with van der Waals surface area (Å²) in [6.07, 6.45) is 0. The zero-order chi connectivity index (χ0) is 16.7. The third-order valence-electron chi connectivity index (χ3n) is 4.15. The van der Waals surface area contributed by atoms with Gasteiger partial charge in [-0.3, -0.25) is 13.8 Å². The monoisotopic (exact) mass is 336 g/mol. The predicted molar refractivity (Wildman–Crippen MR) is 96.4 cm³/mol. The van der Waals surface area contributed by atoms with E-state index in [1.54, 1.807) is 23.4 Å². The largest absolute Gasteiger partial charge is 0.279 e. The predicted octanol–water partition coefficient (Wildman–Crippen LogP) is 3.43. The Morgan fingerprint density at radius 3 is 2.50 bits per heavy atom. The van der Waals surface area contributed by atoms with Crippen molar-refractivity contribution in [2.24, 2.45) is 7.05 Å². The lowest BCUT2D eigenvalue weighted by Gasteiger charge is -2.11. The van der Waals surface area contributed by atoms with Gasteiger partial charge < -0.3 is 0 Å². The SMILES string of the molecule is CC(Sc1nnc2n(C)c(=O)c3ccccc3n12)c1ccccc1. The average Bonchev–Trinajstić information content (AvgIpc) is 3.04. The Bertz CT molecular complexity index is 1080. The molecule has 0 fully saturated rings. The number of hydrogen-bond acceptors (Lipinski definition) is 4. The van der Waals surface area contributed by atoms with Gasteiger partial charge in [0.2, 0.25) is 5.78 Å². The van der Waals surface area contributed by atoms with Gasteiger partial charge in [0.15, 0.2) is 5.16 Å². The quantitative estimate of drug-likeness (QED) is 0.538. The molecule has 2 heterocycles. The van der Waals surface area contributed by atoms with E-state index in [0.29, 0.717) is 11.2 Å². The molecule has 0 bridgehead atoms. The molecule has 0 saturated carbocycles. The number of para-hydroxylation sites is 1. The number of fused-ring (bicyclic) bond motifs is 3. The van der Waals surface area contributed by atoms with Gasteiger partial charge in [-0.15, -0.1) is 10.2 Å². The van der Waals surface area contributed by atoms with Crippen LogP contribution in [-0.4, -0.2) is 19.2 Å². The Kier molecular flexibility index (Phi) is 3.61. The van der Waals surface area contributed by atoms with Gasteiger partial charge in [0, 0.05) is 12.3 Å². The van der Waals surface area contributed by atoms with E-state index >= 15 is 0 Å². The van der Waals surface area contributed by atoms with Crippen molar-refractivity contribution in [2.45, 2.75) is 17.3 Å². The van der Waals surface area contributed by atoms with Crippen LogP contribution in [0.4, 0.5) is 0 Å². The molecule has 5 nitrogen and oxygen atoms in total. The molecule has 0 amide bonds. The van der Waals surface area contributed by atoms with Gasteiger partial charge in [-0.05, 0) is 24.6 Å². The van der Waals surface area contributed by atoms with Gasteiger partial charge in [0.25, 0.3) is 5.56 Å². The normalized spacial score (nSPS) is 12.8. The maximum Gasteiger partial charge on any atom is 0.262 e. The summed E-state index contributed by atoms with van der Waals surface area (Å²) in [5.74, 6) is 0.557. The number of thioether (sulfide) groups is 1. The van der Waals surface area contributed by atoms with E-state index in [-0.39, 0.29) is 10.8 Å². The van der Waals surface area contributed by atoms with Crippen molar-refractivity contribution in [3.63, 3.8) is 0 Å². The van der Waals surface area contributed by atoms with Crippen LogP contribution in [0, 0.1) is 0 Å². The minimum atomic E-state index is -0.0573. The van der Waals surface area contributed by atoms with Crippen molar-refractivity contribution in [1.82, 2.24) is 19.2 Å². The number of aromatic nitrogens is 4. The van der Waals surface area contributed by atoms with Crippen LogP contribution in [0.5, 0.6) is 0 Å². The maximum absolute atomic E-state index is 12.5. The van der Waals surface area contributed by atoms with Crippen LogP contribution in [0.1, 0.15) is 17.7 Å². The number of benzene rings is 2. The highest BCUT2D eigenvalue weighted by molar-refractivity contribution is 7.99. The van der Waals surface area contributed by atoms with Crippen LogP contribution in [0.25, 0.3) is 16.7 Å². The van der Waals surface area contributed by atoms with Gasteiger partial charge in [-0.25, -0.2) is 0 Å². The molecule has 0 aliphatic rings. The summed E-state index contributed by atoms with van der Waals surface area (Å²) in [5, 5.41) is 10.2. The minimum Gasteiger partial charge on any atom is -0.279 e. The summed E-state index contributed by atoms with van der Waals surface area (Å²) in [5.41, 5.74) is 2.01. The molecular formula is C18H16N4OS. The van der Waals surface area contributed by atoms with E-state index in [9.17, 15) is 4.79 Å². The molecule has 0 radical (unpaired) electrons. The topological polar surface area (TPSA) is 52.2 Å². The van der Waals surface area contributed by atoms with Crippen molar-refractivity contribution in [1.29, 1.82) is 0 Å². The lowest BCUT2D eigenvalue weighted by molar-refractivity contribution is 0.853. The summed E-state index contributed by atoms with van der Waals surface area (Å²) in [6, 6.07) is 17.9. The van der Waals surface area contributed by atoms with Crippen LogP contribution >= 0.6 is 11.8 Å². The Hall–Kier alpha value is -2.60. The molecule has 120 valence electrons. The third-order valence-corrected chi connectivity index (χ3v) is 5.25. The van der Waals surface area contributed by atoms with E-state index < -0.39 is 0 Å². The molecule has 6 heteroatoms. The van der Waals surface area contributed by atoms with Crippen molar-refractivity contribution >= 4 is 28.4 Å². The molecule has 2 aromatic carbocycles. The van der Waals surface area contributed by atoms with E-state index in [1.807, 2.05) is 46.9 Å². The fraction of sp³-hybridized carbons (Fsp3) is 0.167.